The predicted octanol–water partition coefficient (Wildman–Crippen LogP) is 6.18. The molecule has 1 atom stereocenters. The van der Waals surface area contributed by atoms with Crippen LogP contribution in [0, 0.1) is 5.92 Å². The first kappa shape index (κ1) is 24.4. The minimum Gasteiger partial charge on any atom is -0.376 e. The second-order valence-corrected chi connectivity index (χ2v) is 10.7. The fourth-order valence-electron chi connectivity index (χ4n) is 4.74. The molecule has 1 saturated carbocycles. The Balaban J connectivity index is 1.86. The molecule has 4 nitrogen and oxygen atoms in total. The number of rotatable bonds is 9. The standard InChI is InChI=1S/C28H40N2O2/c1-8-22(27(6,7)32-9-2)18-20-13-14-21(19-23(20)26(3,4)5)25(31)30-28(15-16-28)24-12-10-11-17-29-24/h10-14,17,19,22H,8-9,15-16,18H2,1-7H3,(H,30,31). The summed E-state index contributed by atoms with van der Waals surface area (Å²) in [5.74, 6) is 0.383. The van der Waals surface area contributed by atoms with Crippen molar-refractivity contribution in [2.24, 2.45) is 5.92 Å². The van der Waals surface area contributed by atoms with Crippen LogP contribution in [0.5, 0.6) is 0 Å². The Hall–Kier alpha value is -2.20. The summed E-state index contributed by atoms with van der Waals surface area (Å²) in [4.78, 5) is 17.7. The highest BCUT2D eigenvalue weighted by Gasteiger charge is 2.47. The van der Waals surface area contributed by atoms with Crippen LogP contribution in [0.2, 0.25) is 0 Å². The fraction of sp³-hybridized carbons (Fsp3) is 0.571. The normalized spacial score (nSPS) is 16.5. The molecule has 1 aliphatic carbocycles. The number of amides is 1. The number of nitrogens with zero attached hydrogens (tertiary/aromatic N) is 1. The van der Waals surface area contributed by atoms with Gasteiger partial charge in [0.15, 0.2) is 0 Å². The molecule has 3 rings (SSSR count). The van der Waals surface area contributed by atoms with Crippen molar-refractivity contribution >= 4 is 5.91 Å². The van der Waals surface area contributed by atoms with Crippen LogP contribution in [0.3, 0.4) is 0 Å². The van der Waals surface area contributed by atoms with Crippen molar-refractivity contribution in [3.05, 3.63) is 65.0 Å². The van der Waals surface area contributed by atoms with E-state index in [9.17, 15) is 4.79 Å². The molecule has 0 spiro atoms. The van der Waals surface area contributed by atoms with Crippen LogP contribution in [0.4, 0.5) is 0 Å². The minimum atomic E-state index is -0.312. The van der Waals surface area contributed by atoms with Crippen molar-refractivity contribution < 1.29 is 9.53 Å². The summed E-state index contributed by atoms with van der Waals surface area (Å²) in [5, 5.41) is 3.27. The molecule has 0 aliphatic heterocycles. The summed E-state index contributed by atoms with van der Waals surface area (Å²) in [6.45, 7) is 16.0. The van der Waals surface area contributed by atoms with Gasteiger partial charge in [-0.25, -0.2) is 0 Å². The highest BCUT2D eigenvalue weighted by molar-refractivity contribution is 5.95. The number of benzene rings is 1. The maximum Gasteiger partial charge on any atom is 0.252 e. The van der Waals surface area contributed by atoms with E-state index in [0.717, 1.165) is 36.9 Å². The maximum atomic E-state index is 13.2. The van der Waals surface area contributed by atoms with Crippen LogP contribution in [0.1, 0.15) is 94.9 Å². The van der Waals surface area contributed by atoms with Gasteiger partial charge in [-0.1, -0.05) is 46.2 Å². The lowest BCUT2D eigenvalue weighted by Crippen LogP contribution is -2.36. The molecule has 1 unspecified atom stereocenters. The van der Waals surface area contributed by atoms with E-state index in [-0.39, 0.29) is 22.5 Å². The molecule has 4 heteroatoms. The molecule has 174 valence electrons. The van der Waals surface area contributed by atoms with E-state index in [4.69, 9.17) is 4.74 Å². The molecule has 0 saturated heterocycles. The largest absolute Gasteiger partial charge is 0.376 e. The van der Waals surface area contributed by atoms with Crippen molar-refractivity contribution in [1.82, 2.24) is 10.3 Å². The first-order valence-electron chi connectivity index (χ1n) is 12.0. The summed E-state index contributed by atoms with van der Waals surface area (Å²) >= 11 is 0. The summed E-state index contributed by atoms with van der Waals surface area (Å²) in [5.41, 5.74) is 3.66. The van der Waals surface area contributed by atoms with Gasteiger partial charge in [-0.15, -0.1) is 0 Å². The molecule has 1 N–H and O–H groups in total. The SMILES string of the molecule is CCOC(C)(C)C(CC)Cc1ccc(C(=O)NC2(c3ccccn3)CC2)cc1C(C)(C)C. The number of pyridine rings is 1. The van der Waals surface area contributed by atoms with E-state index < -0.39 is 0 Å². The van der Waals surface area contributed by atoms with Gasteiger partial charge < -0.3 is 10.1 Å². The van der Waals surface area contributed by atoms with Crippen molar-refractivity contribution in [3.8, 4) is 0 Å². The van der Waals surface area contributed by atoms with Crippen LogP contribution >= 0.6 is 0 Å². The van der Waals surface area contributed by atoms with E-state index >= 15 is 0 Å². The first-order valence-corrected chi connectivity index (χ1v) is 12.0. The molecule has 1 aliphatic rings. The van der Waals surface area contributed by atoms with Gasteiger partial charge in [0.1, 0.15) is 0 Å². The Kier molecular flexibility index (Phi) is 7.14. The van der Waals surface area contributed by atoms with Gasteiger partial charge >= 0.3 is 0 Å². The zero-order chi connectivity index (χ0) is 23.6. The highest BCUT2D eigenvalue weighted by atomic mass is 16.5. The number of carbonyl (C=O) groups excluding carboxylic acids is 1. The molecule has 1 heterocycles. The van der Waals surface area contributed by atoms with Gasteiger partial charge in [0, 0.05) is 18.4 Å². The number of hydrogen-bond donors (Lipinski definition) is 1. The molecule has 1 aromatic carbocycles. The number of aromatic nitrogens is 1. The molecule has 1 fully saturated rings. The Bertz CT molecular complexity index is 924. The number of ether oxygens (including phenoxy) is 1. The second-order valence-electron chi connectivity index (χ2n) is 10.7. The van der Waals surface area contributed by atoms with E-state index in [2.05, 4.69) is 70.9 Å². The second kappa shape index (κ2) is 9.35. The van der Waals surface area contributed by atoms with Crippen molar-refractivity contribution in [2.75, 3.05) is 6.61 Å². The van der Waals surface area contributed by atoms with Gasteiger partial charge in [0.2, 0.25) is 0 Å². The lowest BCUT2D eigenvalue weighted by atomic mass is 9.77. The van der Waals surface area contributed by atoms with Gasteiger partial charge in [0.25, 0.3) is 5.91 Å². The Morgan fingerprint density at radius 2 is 1.84 bits per heavy atom. The van der Waals surface area contributed by atoms with E-state index in [1.54, 1.807) is 6.20 Å². The van der Waals surface area contributed by atoms with Gasteiger partial charge in [0.05, 0.1) is 16.8 Å². The zero-order valence-corrected chi connectivity index (χ0v) is 20.9. The third kappa shape index (κ3) is 5.40. The fourth-order valence-corrected chi connectivity index (χ4v) is 4.74. The number of hydrogen-bond acceptors (Lipinski definition) is 3. The van der Waals surface area contributed by atoms with Crippen LogP contribution in [-0.4, -0.2) is 23.1 Å². The summed E-state index contributed by atoms with van der Waals surface area (Å²) < 4.78 is 6.08. The van der Waals surface area contributed by atoms with Crippen molar-refractivity contribution in [3.63, 3.8) is 0 Å². The van der Waals surface area contributed by atoms with Gasteiger partial charge in [-0.2, -0.15) is 0 Å². The van der Waals surface area contributed by atoms with Crippen LogP contribution in [0.25, 0.3) is 0 Å². The van der Waals surface area contributed by atoms with E-state index in [0.29, 0.717) is 12.5 Å². The average Bonchev–Trinajstić information content (AvgIpc) is 3.52. The minimum absolute atomic E-state index is 0.0214. The molecular weight excluding hydrogens is 396 g/mol. The molecule has 32 heavy (non-hydrogen) atoms. The van der Waals surface area contributed by atoms with E-state index in [1.807, 2.05) is 24.3 Å². The maximum absolute atomic E-state index is 13.2. The average molecular weight is 437 g/mol. The van der Waals surface area contributed by atoms with Crippen LogP contribution in [0.15, 0.2) is 42.6 Å². The number of carbonyl (C=O) groups is 1. The topological polar surface area (TPSA) is 51.2 Å². The first-order chi connectivity index (χ1) is 15.0. The molecule has 0 radical (unpaired) electrons. The quantitative estimate of drug-likeness (QED) is 0.510. The summed E-state index contributed by atoms with van der Waals surface area (Å²) in [6, 6.07) is 12.1. The molecule has 2 aromatic rings. The van der Waals surface area contributed by atoms with E-state index in [1.165, 1.54) is 11.1 Å². The Labute approximate surface area is 194 Å². The van der Waals surface area contributed by atoms with Crippen molar-refractivity contribution in [1.29, 1.82) is 0 Å². The summed E-state index contributed by atoms with van der Waals surface area (Å²) in [7, 11) is 0. The number of nitrogens with one attached hydrogen (secondary N) is 1. The van der Waals surface area contributed by atoms with Gasteiger partial charge in [-0.3, -0.25) is 9.78 Å². The Morgan fingerprint density at radius 1 is 1.12 bits per heavy atom. The van der Waals surface area contributed by atoms with Gasteiger partial charge in [-0.05, 0) is 86.8 Å². The molecule has 0 bridgehead atoms. The molecule has 1 aromatic heterocycles. The lowest BCUT2D eigenvalue weighted by Gasteiger charge is -2.35. The molecular formula is C28H40N2O2. The third-order valence-electron chi connectivity index (χ3n) is 6.90. The monoisotopic (exact) mass is 436 g/mol. The van der Waals surface area contributed by atoms with Crippen LogP contribution in [-0.2, 0) is 22.1 Å². The van der Waals surface area contributed by atoms with Crippen LogP contribution < -0.4 is 5.32 Å². The lowest BCUT2D eigenvalue weighted by molar-refractivity contribution is -0.0555. The smallest absolute Gasteiger partial charge is 0.252 e. The zero-order valence-electron chi connectivity index (χ0n) is 20.9. The predicted molar refractivity (Wildman–Crippen MR) is 131 cm³/mol. The Morgan fingerprint density at radius 3 is 2.38 bits per heavy atom. The highest BCUT2D eigenvalue weighted by Crippen LogP contribution is 2.44. The van der Waals surface area contributed by atoms with Crippen molar-refractivity contribution in [2.45, 2.75) is 90.7 Å². The molecule has 1 amide bonds. The third-order valence-corrected chi connectivity index (χ3v) is 6.90. The summed E-state index contributed by atoms with van der Waals surface area (Å²) in [6.07, 6.45) is 5.65.